The van der Waals surface area contributed by atoms with Crippen LogP contribution in [0.15, 0.2) is 36.5 Å². The van der Waals surface area contributed by atoms with Crippen LogP contribution in [0.2, 0.25) is 0 Å². The Morgan fingerprint density at radius 2 is 1.87 bits per heavy atom. The molecule has 0 radical (unpaired) electrons. The molecule has 0 bridgehead atoms. The summed E-state index contributed by atoms with van der Waals surface area (Å²) in [5.74, 6) is -0.340. The molecule has 1 aromatic carbocycles. The lowest BCUT2D eigenvalue weighted by Crippen LogP contribution is -2.36. The summed E-state index contributed by atoms with van der Waals surface area (Å²) in [5, 5.41) is 12.3. The number of aryl methyl sites for hydroxylation is 2. The zero-order chi connectivity index (χ0) is 21.5. The molecular formula is C24H33N3O3. The quantitative estimate of drug-likeness (QED) is 0.622. The van der Waals surface area contributed by atoms with Crippen molar-refractivity contribution in [2.75, 3.05) is 26.2 Å². The number of carboxylic acid groups (broad SMARTS) is 1. The van der Waals surface area contributed by atoms with Crippen LogP contribution in [-0.2, 0) is 24.7 Å². The molecule has 6 nitrogen and oxygen atoms in total. The van der Waals surface area contributed by atoms with Gasteiger partial charge in [0.15, 0.2) is 0 Å². The third-order valence-electron chi connectivity index (χ3n) is 6.09. The number of piperidine rings is 1. The Morgan fingerprint density at radius 1 is 1.17 bits per heavy atom. The van der Waals surface area contributed by atoms with Crippen molar-refractivity contribution in [1.29, 1.82) is 0 Å². The van der Waals surface area contributed by atoms with Crippen molar-refractivity contribution in [1.82, 2.24) is 14.8 Å². The van der Waals surface area contributed by atoms with E-state index in [-0.39, 0.29) is 17.9 Å². The third-order valence-corrected chi connectivity index (χ3v) is 6.09. The number of nitrogens with one attached hydrogen (secondary N) is 1. The highest BCUT2D eigenvalue weighted by Crippen LogP contribution is 2.21. The molecule has 0 aliphatic carbocycles. The minimum Gasteiger partial charge on any atom is -0.478 e. The normalized spacial score (nSPS) is 15.3. The van der Waals surface area contributed by atoms with E-state index in [1.54, 1.807) is 24.7 Å². The summed E-state index contributed by atoms with van der Waals surface area (Å²) in [7, 11) is 1.78. The SMILES string of the molecule is Cc1cn(C)c(CC(=O)NCCCN2CCC(Cc3ccccc3)CC2)c1C(=O)O. The lowest BCUT2D eigenvalue weighted by molar-refractivity contribution is -0.120. The molecule has 1 aromatic heterocycles. The van der Waals surface area contributed by atoms with Gasteiger partial charge in [0.2, 0.25) is 5.91 Å². The van der Waals surface area contributed by atoms with Crippen LogP contribution < -0.4 is 5.32 Å². The number of carboxylic acids is 1. The second-order valence-electron chi connectivity index (χ2n) is 8.40. The maximum Gasteiger partial charge on any atom is 0.337 e. The first-order valence-corrected chi connectivity index (χ1v) is 10.8. The number of carbonyl (C=O) groups is 2. The largest absolute Gasteiger partial charge is 0.478 e. The highest BCUT2D eigenvalue weighted by molar-refractivity contribution is 5.93. The molecule has 2 aromatic rings. The Kier molecular flexibility index (Phi) is 7.69. The zero-order valence-corrected chi connectivity index (χ0v) is 18.1. The van der Waals surface area contributed by atoms with Crippen molar-refractivity contribution in [2.24, 2.45) is 13.0 Å². The molecule has 0 saturated carbocycles. The standard InChI is InChI=1S/C24H33N3O3/c1-18-17-26(2)21(23(18)24(29)30)16-22(28)25-11-6-12-27-13-9-20(10-14-27)15-19-7-4-3-5-8-19/h3-5,7-8,17,20H,6,9-16H2,1-2H3,(H,25,28)(H,29,30). The summed E-state index contributed by atoms with van der Waals surface area (Å²) in [5.41, 5.74) is 2.91. The van der Waals surface area contributed by atoms with Gasteiger partial charge in [-0.15, -0.1) is 0 Å². The van der Waals surface area contributed by atoms with Gasteiger partial charge in [0.05, 0.1) is 12.0 Å². The van der Waals surface area contributed by atoms with Crippen LogP contribution in [0, 0.1) is 12.8 Å². The highest BCUT2D eigenvalue weighted by Gasteiger charge is 2.21. The fourth-order valence-corrected chi connectivity index (χ4v) is 4.45. The molecule has 0 unspecified atom stereocenters. The van der Waals surface area contributed by atoms with E-state index < -0.39 is 5.97 Å². The smallest absolute Gasteiger partial charge is 0.337 e. The van der Waals surface area contributed by atoms with Gasteiger partial charge in [-0.3, -0.25) is 4.79 Å². The van der Waals surface area contributed by atoms with Gasteiger partial charge in [0, 0.05) is 25.5 Å². The minimum absolute atomic E-state index is 0.0941. The van der Waals surface area contributed by atoms with Gasteiger partial charge < -0.3 is 19.9 Å². The van der Waals surface area contributed by atoms with Crippen LogP contribution in [0.5, 0.6) is 0 Å². The van der Waals surface area contributed by atoms with E-state index in [0.29, 0.717) is 17.8 Å². The zero-order valence-electron chi connectivity index (χ0n) is 18.1. The fraction of sp³-hybridized carbons (Fsp3) is 0.500. The van der Waals surface area contributed by atoms with Crippen molar-refractivity contribution in [3.8, 4) is 0 Å². The van der Waals surface area contributed by atoms with Crippen molar-refractivity contribution in [3.05, 3.63) is 58.9 Å². The number of aromatic carboxylic acids is 1. The van der Waals surface area contributed by atoms with Crippen LogP contribution in [0.3, 0.4) is 0 Å². The number of benzene rings is 1. The number of carbonyl (C=O) groups excluding carboxylic acids is 1. The number of nitrogens with zero attached hydrogens (tertiary/aromatic N) is 2. The van der Waals surface area contributed by atoms with Crippen LogP contribution in [0.4, 0.5) is 0 Å². The van der Waals surface area contributed by atoms with Gasteiger partial charge in [-0.1, -0.05) is 30.3 Å². The van der Waals surface area contributed by atoms with Crippen molar-refractivity contribution >= 4 is 11.9 Å². The first-order chi connectivity index (χ1) is 14.4. The van der Waals surface area contributed by atoms with Crippen LogP contribution in [0.25, 0.3) is 0 Å². The van der Waals surface area contributed by atoms with Gasteiger partial charge in [-0.25, -0.2) is 4.79 Å². The summed E-state index contributed by atoms with van der Waals surface area (Å²) >= 11 is 0. The van der Waals surface area contributed by atoms with Gasteiger partial charge in [0.1, 0.15) is 0 Å². The molecular weight excluding hydrogens is 378 g/mol. The van der Waals surface area contributed by atoms with Crippen molar-refractivity contribution in [2.45, 2.75) is 39.0 Å². The summed E-state index contributed by atoms with van der Waals surface area (Å²) in [6, 6.07) is 10.7. The lowest BCUT2D eigenvalue weighted by atomic mass is 9.90. The number of likely N-dealkylation sites (tertiary alicyclic amines) is 1. The molecule has 30 heavy (non-hydrogen) atoms. The maximum absolute atomic E-state index is 12.3. The van der Waals surface area contributed by atoms with Crippen molar-refractivity contribution < 1.29 is 14.7 Å². The van der Waals surface area contributed by atoms with E-state index in [4.69, 9.17) is 0 Å². The second-order valence-corrected chi connectivity index (χ2v) is 8.40. The first-order valence-electron chi connectivity index (χ1n) is 10.8. The summed E-state index contributed by atoms with van der Waals surface area (Å²) in [6.45, 7) is 5.61. The molecule has 6 heteroatoms. The van der Waals surface area contributed by atoms with E-state index in [1.807, 2.05) is 0 Å². The third kappa shape index (κ3) is 5.95. The van der Waals surface area contributed by atoms with Gasteiger partial charge in [-0.2, -0.15) is 0 Å². The molecule has 0 spiro atoms. The number of hydrogen-bond donors (Lipinski definition) is 2. The molecule has 2 N–H and O–H groups in total. The Bertz CT molecular complexity index is 852. The molecule has 2 heterocycles. The van der Waals surface area contributed by atoms with Gasteiger partial charge in [-0.05, 0) is 69.3 Å². The maximum atomic E-state index is 12.3. The van der Waals surface area contributed by atoms with E-state index >= 15 is 0 Å². The molecule has 162 valence electrons. The Balaban J connectivity index is 1.34. The van der Waals surface area contributed by atoms with Crippen LogP contribution in [0.1, 0.15) is 46.4 Å². The van der Waals surface area contributed by atoms with Crippen molar-refractivity contribution in [3.63, 3.8) is 0 Å². The first kappa shape index (κ1) is 22.1. The summed E-state index contributed by atoms with van der Waals surface area (Å²) in [4.78, 5) is 26.2. The Labute approximate surface area is 178 Å². The van der Waals surface area contributed by atoms with E-state index in [9.17, 15) is 14.7 Å². The monoisotopic (exact) mass is 411 g/mol. The number of amides is 1. The molecule has 1 aliphatic heterocycles. The Morgan fingerprint density at radius 3 is 2.53 bits per heavy atom. The summed E-state index contributed by atoms with van der Waals surface area (Å²) in [6.07, 6.45) is 6.39. The summed E-state index contributed by atoms with van der Waals surface area (Å²) < 4.78 is 1.73. The molecule has 1 fully saturated rings. The van der Waals surface area contributed by atoms with E-state index in [0.717, 1.165) is 32.0 Å². The topological polar surface area (TPSA) is 74.6 Å². The molecule has 0 atom stereocenters. The number of hydrogen-bond acceptors (Lipinski definition) is 3. The lowest BCUT2D eigenvalue weighted by Gasteiger charge is -2.32. The molecule has 1 saturated heterocycles. The predicted octanol–water partition coefficient (Wildman–Crippen LogP) is 3.04. The average Bonchev–Trinajstić information content (AvgIpc) is 3.00. The molecule has 3 rings (SSSR count). The van der Waals surface area contributed by atoms with E-state index in [1.165, 1.54) is 24.8 Å². The predicted molar refractivity (Wildman–Crippen MR) is 118 cm³/mol. The fourth-order valence-electron chi connectivity index (χ4n) is 4.45. The highest BCUT2D eigenvalue weighted by atomic mass is 16.4. The molecule has 1 aliphatic rings. The van der Waals surface area contributed by atoms with Crippen LogP contribution in [-0.4, -0.2) is 52.6 Å². The van der Waals surface area contributed by atoms with Crippen LogP contribution >= 0.6 is 0 Å². The number of aromatic nitrogens is 1. The Hall–Kier alpha value is -2.60. The molecule has 1 amide bonds. The second kappa shape index (κ2) is 10.4. The number of rotatable bonds is 9. The van der Waals surface area contributed by atoms with Gasteiger partial charge >= 0.3 is 5.97 Å². The van der Waals surface area contributed by atoms with E-state index in [2.05, 4.69) is 40.5 Å². The average molecular weight is 412 g/mol. The minimum atomic E-state index is -0.980. The van der Waals surface area contributed by atoms with Gasteiger partial charge in [0.25, 0.3) is 0 Å².